The fourth-order valence-corrected chi connectivity index (χ4v) is 4.41. The Labute approximate surface area is 200 Å². The number of rotatable bonds is 8. The second-order valence-electron chi connectivity index (χ2n) is 6.84. The first-order valence-corrected chi connectivity index (χ1v) is 11.9. The maximum Gasteiger partial charge on any atom is 0.264 e. The third kappa shape index (κ3) is 6.39. The molecule has 1 heterocycles. The maximum atomic E-state index is 12.5. The minimum Gasteiger partial charge on any atom is -0.494 e. The molecule has 164 valence electrons. The first-order valence-electron chi connectivity index (χ1n) is 10.0. The molecule has 8 heteroatoms. The average molecular weight is 552 g/mol. The van der Waals surface area contributed by atoms with E-state index in [2.05, 4.69) is 32.9 Å². The summed E-state index contributed by atoms with van der Waals surface area (Å²) in [5, 5.41) is 3.36. The fourth-order valence-electron chi connectivity index (χ4n) is 2.82. The number of hydrogen-bond acceptors (Lipinski definition) is 6. The molecule has 1 aliphatic heterocycles. The third-order valence-corrected chi connectivity index (χ3v) is 5.72. The molecule has 0 atom stereocenters. The molecule has 0 aliphatic carbocycles. The molecule has 1 N–H and O–H groups in total. The molecule has 2 aromatic carbocycles. The van der Waals surface area contributed by atoms with Crippen molar-refractivity contribution in [3.8, 4) is 17.2 Å². The summed E-state index contributed by atoms with van der Waals surface area (Å²) in [7, 11) is 0. The number of benzene rings is 2. The lowest BCUT2D eigenvalue weighted by Gasteiger charge is -2.17. The highest BCUT2D eigenvalue weighted by Gasteiger charge is 2.24. The Kier molecular flexibility index (Phi) is 8.25. The van der Waals surface area contributed by atoms with Crippen LogP contribution in [-0.2, 0) is 4.79 Å². The predicted octanol–water partition coefficient (Wildman–Crippen LogP) is 5.77. The van der Waals surface area contributed by atoms with Crippen LogP contribution in [0.3, 0.4) is 0 Å². The second-order valence-corrected chi connectivity index (χ2v) is 9.03. The van der Waals surface area contributed by atoms with Crippen LogP contribution in [0, 0.1) is 3.57 Å². The van der Waals surface area contributed by atoms with Crippen molar-refractivity contribution in [2.24, 2.45) is 4.99 Å². The molecule has 6 nitrogen and oxygen atoms in total. The number of hydrogen-bond donors (Lipinski definition) is 1. The molecule has 0 bridgehead atoms. The van der Waals surface area contributed by atoms with Crippen LogP contribution >= 0.6 is 34.4 Å². The smallest absolute Gasteiger partial charge is 0.264 e. The van der Waals surface area contributed by atoms with Crippen LogP contribution in [0.4, 0.5) is 5.69 Å². The topological polar surface area (TPSA) is 69.2 Å². The molecule has 0 spiro atoms. The zero-order valence-electron chi connectivity index (χ0n) is 17.9. The highest BCUT2D eigenvalue weighted by atomic mass is 127. The number of nitrogens with zero attached hydrogens (tertiary/aromatic N) is 1. The molecule has 1 amide bonds. The number of carbonyl (C=O) groups excluding carboxylic acids is 1. The van der Waals surface area contributed by atoms with E-state index in [4.69, 9.17) is 14.2 Å². The normalized spacial score (nSPS) is 16.1. The second kappa shape index (κ2) is 10.9. The number of thioether (sulfide) groups is 1. The fraction of sp³-hybridized carbons (Fsp3) is 0.304. The van der Waals surface area contributed by atoms with Gasteiger partial charge in [0.2, 0.25) is 0 Å². The Bertz CT molecular complexity index is 1000. The van der Waals surface area contributed by atoms with Gasteiger partial charge in [0, 0.05) is 0 Å². The van der Waals surface area contributed by atoms with Crippen molar-refractivity contribution < 1.29 is 19.0 Å². The summed E-state index contributed by atoms with van der Waals surface area (Å²) in [6.07, 6.45) is 1.87. The molecule has 0 saturated carbocycles. The number of halogens is 1. The maximum absolute atomic E-state index is 12.5. The summed E-state index contributed by atoms with van der Waals surface area (Å²) in [6, 6.07) is 11.3. The van der Waals surface area contributed by atoms with Crippen LogP contribution in [0.2, 0.25) is 0 Å². The van der Waals surface area contributed by atoms with Gasteiger partial charge < -0.3 is 19.5 Å². The Morgan fingerprint density at radius 3 is 2.48 bits per heavy atom. The van der Waals surface area contributed by atoms with Gasteiger partial charge in [0.15, 0.2) is 16.7 Å². The number of nitrogens with one attached hydrogen (secondary N) is 1. The molecule has 1 fully saturated rings. The largest absolute Gasteiger partial charge is 0.494 e. The zero-order chi connectivity index (χ0) is 22.4. The lowest BCUT2D eigenvalue weighted by atomic mass is 10.2. The van der Waals surface area contributed by atoms with Crippen molar-refractivity contribution in [1.82, 2.24) is 5.32 Å². The van der Waals surface area contributed by atoms with Crippen molar-refractivity contribution in [1.29, 1.82) is 0 Å². The van der Waals surface area contributed by atoms with Gasteiger partial charge in [-0.2, -0.15) is 0 Å². The van der Waals surface area contributed by atoms with E-state index in [1.54, 1.807) is 0 Å². The minimum absolute atomic E-state index is 0.0365. The van der Waals surface area contributed by atoms with Crippen LogP contribution < -0.4 is 19.5 Å². The van der Waals surface area contributed by atoms with Crippen LogP contribution in [0.1, 0.15) is 33.3 Å². The van der Waals surface area contributed by atoms with Gasteiger partial charge in [-0.05, 0) is 110 Å². The SMILES string of the molecule is CCOc1ccc(N=C2NC(=O)/C(=C\c3cc(I)c(OC(C)C)c(OCC)c3)S2)cc1. The summed E-state index contributed by atoms with van der Waals surface area (Å²) in [6.45, 7) is 8.97. The Morgan fingerprint density at radius 1 is 1.13 bits per heavy atom. The lowest BCUT2D eigenvalue weighted by molar-refractivity contribution is -0.115. The monoisotopic (exact) mass is 552 g/mol. The van der Waals surface area contributed by atoms with E-state index in [1.165, 1.54) is 11.8 Å². The molecule has 31 heavy (non-hydrogen) atoms. The van der Waals surface area contributed by atoms with Crippen LogP contribution in [0.5, 0.6) is 17.2 Å². The number of amidine groups is 1. The summed E-state index contributed by atoms with van der Waals surface area (Å²) in [5.74, 6) is 2.01. The Hall–Kier alpha value is -2.20. The van der Waals surface area contributed by atoms with E-state index in [0.717, 1.165) is 26.3 Å². The molecule has 0 unspecified atom stereocenters. The summed E-state index contributed by atoms with van der Waals surface area (Å²) >= 11 is 3.54. The summed E-state index contributed by atoms with van der Waals surface area (Å²) in [5.41, 5.74) is 1.61. The standard InChI is InChI=1S/C23H25IN2O4S/c1-5-28-17-9-7-16(8-10-17)25-23-26-22(27)20(31-23)13-15-11-18(24)21(30-14(3)4)19(12-15)29-6-2/h7-14H,5-6H2,1-4H3,(H,25,26,27)/b20-13+. The predicted molar refractivity (Wildman–Crippen MR) is 135 cm³/mol. The zero-order valence-corrected chi connectivity index (χ0v) is 20.9. The molecular weight excluding hydrogens is 527 g/mol. The van der Waals surface area contributed by atoms with E-state index >= 15 is 0 Å². The van der Waals surface area contributed by atoms with Crippen molar-refractivity contribution in [2.75, 3.05) is 13.2 Å². The van der Waals surface area contributed by atoms with Gasteiger partial charge in [-0.3, -0.25) is 4.79 Å². The van der Waals surface area contributed by atoms with Crippen molar-refractivity contribution in [2.45, 2.75) is 33.8 Å². The average Bonchev–Trinajstić information content (AvgIpc) is 3.05. The van der Waals surface area contributed by atoms with Crippen LogP contribution in [-0.4, -0.2) is 30.4 Å². The van der Waals surface area contributed by atoms with E-state index in [0.29, 0.717) is 29.0 Å². The Morgan fingerprint density at radius 2 is 1.84 bits per heavy atom. The highest BCUT2D eigenvalue weighted by Crippen LogP contribution is 2.37. The van der Waals surface area contributed by atoms with E-state index in [1.807, 2.05) is 70.2 Å². The van der Waals surface area contributed by atoms with Crippen molar-refractivity contribution >= 4 is 57.2 Å². The van der Waals surface area contributed by atoms with Gasteiger partial charge in [-0.15, -0.1) is 0 Å². The van der Waals surface area contributed by atoms with Crippen LogP contribution in [0.15, 0.2) is 46.3 Å². The van der Waals surface area contributed by atoms with Crippen LogP contribution in [0.25, 0.3) is 6.08 Å². The first kappa shape index (κ1) is 23.5. The van der Waals surface area contributed by atoms with Gasteiger partial charge in [0.1, 0.15) is 5.75 Å². The highest BCUT2D eigenvalue weighted by molar-refractivity contribution is 14.1. The van der Waals surface area contributed by atoms with E-state index in [9.17, 15) is 4.79 Å². The molecule has 0 aromatic heterocycles. The first-order chi connectivity index (χ1) is 14.9. The van der Waals surface area contributed by atoms with Gasteiger partial charge >= 0.3 is 0 Å². The number of aliphatic imine (C=N–C) groups is 1. The quantitative estimate of drug-likeness (QED) is 0.333. The van der Waals surface area contributed by atoms with Gasteiger partial charge in [0.05, 0.1) is 33.5 Å². The molecule has 1 saturated heterocycles. The Balaban J connectivity index is 1.82. The molecule has 2 aromatic rings. The minimum atomic E-state index is -0.176. The number of amides is 1. The van der Waals surface area contributed by atoms with E-state index < -0.39 is 0 Å². The van der Waals surface area contributed by atoms with Gasteiger partial charge in [0.25, 0.3) is 5.91 Å². The van der Waals surface area contributed by atoms with E-state index in [-0.39, 0.29) is 12.0 Å². The molecular formula is C23H25IN2O4S. The summed E-state index contributed by atoms with van der Waals surface area (Å²) in [4.78, 5) is 17.6. The molecule has 1 aliphatic rings. The van der Waals surface area contributed by atoms with Gasteiger partial charge in [-0.25, -0.2) is 4.99 Å². The molecule has 3 rings (SSSR count). The lowest BCUT2D eigenvalue weighted by Crippen LogP contribution is -2.19. The third-order valence-electron chi connectivity index (χ3n) is 4.01. The van der Waals surface area contributed by atoms with Gasteiger partial charge in [-0.1, -0.05) is 0 Å². The van der Waals surface area contributed by atoms with Crippen molar-refractivity contribution in [3.63, 3.8) is 0 Å². The molecule has 0 radical (unpaired) electrons. The number of carbonyl (C=O) groups is 1. The number of ether oxygens (including phenoxy) is 3. The summed E-state index contributed by atoms with van der Waals surface area (Å²) < 4.78 is 18.1. The van der Waals surface area contributed by atoms with Crippen molar-refractivity contribution in [3.05, 3.63) is 50.4 Å².